The molecule has 26 heavy (non-hydrogen) atoms. The predicted molar refractivity (Wildman–Crippen MR) is 102 cm³/mol. The molecule has 6 nitrogen and oxygen atoms in total. The molecular formula is C19H21ClN4O2. The molecule has 3 N–H and O–H groups in total. The van der Waals surface area contributed by atoms with Crippen molar-refractivity contribution in [1.29, 1.82) is 0 Å². The number of hydrogen-bond donors (Lipinski definition) is 2. The number of carbonyl (C=O) groups excluding carboxylic acids is 1. The van der Waals surface area contributed by atoms with Crippen LogP contribution in [0, 0.1) is 5.92 Å². The lowest BCUT2D eigenvalue weighted by molar-refractivity contribution is 0.0524. The summed E-state index contributed by atoms with van der Waals surface area (Å²) < 4.78 is 5.24. The Bertz CT molecular complexity index is 872. The van der Waals surface area contributed by atoms with Crippen LogP contribution in [0.2, 0.25) is 0 Å². The van der Waals surface area contributed by atoms with Crippen molar-refractivity contribution >= 4 is 23.5 Å². The number of nitrogens with one attached hydrogen (secondary N) is 1. The van der Waals surface area contributed by atoms with E-state index >= 15 is 0 Å². The topological polar surface area (TPSA) is 93.9 Å². The summed E-state index contributed by atoms with van der Waals surface area (Å²) in [7, 11) is 0. The lowest BCUT2D eigenvalue weighted by Gasteiger charge is -2.24. The minimum Gasteiger partial charge on any atom is -0.462 e. The first-order valence-electron chi connectivity index (χ1n) is 8.57. The molecule has 2 atom stereocenters. The quantitative estimate of drug-likeness (QED) is 0.772. The van der Waals surface area contributed by atoms with Crippen LogP contribution in [0.25, 0.3) is 11.4 Å². The van der Waals surface area contributed by atoms with E-state index in [4.69, 9.17) is 22.1 Å². The number of anilines is 1. The number of nitrogens with zero attached hydrogens (tertiary/aromatic N) is 2. The molecule has 0 amide bonds. The van der Waals surface area contributed by atoms with E-state index in [0.717, 1.165) is 12.1 Å². The molecule has 0 saturated heterocycles. The van der Waals surface area contributed by atoms with Crippen LogP contribution in [0.4, 0.5) is 5.95 Å². The number of aromatic nitrogens is 3. The molecule has 0 fully saturated rings. The monoisotopic (exact) mass is 372 g/mol. The van der Waals surface area contributed by atoms with Gasteiger partial charge >= 0.3 is 5.97 Å². The Morgan fingerprint density at radius 1 is 1.42 bits per heavy atom. The fourth-order valence-electron chi connectivity index (χ4n) is 3.15. The SMILES string of the molecule is CCOC(=O)c1cc(-c2ccnc(N)n2)[nH]c1C1C=C(Cl)C=CC1CC. The molecule has 2 aromatic heterocycles. The molecule has 7 heteroatoms. The molecule has 1 aliphatic rings. The van der Waals surface area contributed by atoms with Gasteiger partial charge in [0.25, 0.3) is 0 Å². The summed E-state index contributed by atoms with van der Waals surface area (Å²) in [5, 5.41) is 0.650. The van der Waals surface area contributed by atoms with E-state index in [2.05, 4.69) is 28.0 Å². The number of ether oxygens (including phenoxy) is 1. The van der Waals surface area contributed by atoms with E-state index in [1.807, 2.05) is 12.2 Å². The fraction of sp³-hybridized carbons (Fsp3) is 0.316. The summed E-state index contributed by atoms with van der Waals surface area (Å²) in [5.41, 5.74) is 8.24. The van der Waals surface area contributed by atoms with Crippen molar-refractivity contribution in [3.63, 3.8) is 0 Å². The Hall–Kier alpha value is -2.60. The summed E-state index contributed by atoms with van der Waals surface area (Å²) in [5.74, 6) is -0.0234. The highest BCUT2D eigenvalue weighted by Gasteiger charge is 2.28. The minimum absolute atomic E-state index is 0.0511. The van der Waals surface area contributed by atoms with E-state index in [1.54, 1.807) is 25.3 Å². The summed E-state index contributed by atoms with van der Waals surface area (Å²) >= 11 is 6.23. The van der Waals surface area contributed by atoms with Crippen LogP contribution < -0.4 is 5.73 Å². The zero-order valence-electron chi connectivity index (χ0n) is 14.7. The number of allylic oxidation sites excluding steroid dienone is 4. The van der Waals surface area contributed by atoms with Gasteiger partial charge in [-0.15, -0.1) is 0 Å². The van der Waals surface area contributed by atoms with E-state index in [0.29, 0.717) is 28.6 Å². The van der Waals surface area contributed by atoms with Gasteiger partial charge in [0.05, 0.1) is 23.6 Å². The molecule has 0 saturated carbocycles. The molecule has 2 heterocycles. The second-order valence-electron chi connectivity index (χ2n) is 6.04. The molecule has 2 unspecified atom stereocenters. The van der Waals surface area contributed by atoms with Gasteiger partial charge in [0.15, 0.2) is 0 Å². The van der Waals surface area contributed by atoms with E-state index in [-0.39, 0.29) is 23.8 Å². The van der Waals surface area contributed by atoms with Crippen molar-refractivity contribution in [3.05, 3.63) is 52.8 Å². The number of aromatic amines is 1. The molecule has 2 aromatic rings. The van der Waals surface area contributed by atoms with Gasteiger partial charge in [0.2, 0.25) is 5.95 Å². The molecule has 1 aliphatic carbocycles. The molecule has 3 rings (SSSR count). The third-order valence-electron chi connectivity index (χ3n) is 4.40. The van der Waals surface area contributed by atoms with Gasteiger partial charge in [-0.2, -0.15) is 0 Å². The fourth-order valence-corrected chi connectivity index (χ4v) is 3.35. The lowest BCUT2D eigenvalue weighted by atomic mass is 9.83. The Kier molecular flexibility index (Phi) is 5.42. The number of nitrogen functional groups attached to an aromatic ring is 1. The number of nitrogens with two attached hydrogens (primary N) is 1. The largest absolute Gasteiger partial charge is 0.462 e. The predicted octanol–water partition coefficient (Wildman–Crippen LogP) is 4.03. The Morgan fingerprint density at radius 3 is 2.92 bits per heavy atom. The van der Waals surface area contributed by atoms with Gasteiger partial charge in [0, 0.05) is 22.8 Å². The maximum absolute atomic E-state index is 12.5. The lowest BCUT2D eigenvalue weighted by Crippen LogP contribution is -2.16. The number of H-pyrrole nitrogens is 1. The number of esters is 1. The maximum atomic E-state index is 12.5. The van der Waals surface area contributed by atoms with Crippen LogP contribution in [0.3, 0.4) is 0 Å². The third kappa shape index (κ3) is 3.65. The second-order valence-corrected chi connectivity index (χ2v) is 6.48. The van der Waals surface area contributed by atoms with E-state index in [1.165, 1.54) is 0 Å². The highest BCUT2D eigenvalue weighted by atomic mass is 35.5. The molecule has 0 radical (unpaired) electrons. The third-order valence-corrected chi connectivity index (χ3v) is 4.65. The summed E-state index contributed by atoms with van der Waals surface area (Å²) in [6.07, 6.45) is 8.43. The molecule has 0 spiro atoms. The van der Waals surface area contributed by atoms with Crippen molar-refractivity contribution in [2.24, 2.45) is 5.92 Å². The highest BCUT2D eigenvalue weighted by Crippen LogP contribution is 2.38. The number of hydrogen-bond acceptors (Lipinski definition) is 5. The van der Waals surface area contributed by atoms with Crippen LogP contribution >= 0.6 is 11.6 Å². The van der Waals surface area contributed by atoms with Crippen LogP contribution in [0.5, 0.6) is 0 Å². The average Bonchev–Trinajstić information content (AvgIpc) is 3.07. The zero-order valence-corrected chi connectivity index (χ0v) is 15.5. The van der Waals surface area contributed by atoms with Gasteiger partial charge in [-0.3, -0.25) is 0 Å². The van der Waals surface area contributed by atoms with Crippen molar-refractivity contribution in [2.45, 2.75) is 26.2 Å². The van der Waals surface area contributed by atoms with Gasteiger partial charge in [-0.05, 0) is 37.5 Å². The summed E-state index contributed by atoms with van der Waals surface area (Å²) in [6, 6.07) is 3.49. The number of carbonyl (C=O) groups is 1. The number of halogens is 1. The Morgan fingerprint density at radius 2 is 2.23 bits per heavy atom. The number of rotatable bonds is 5. The maximum Gasteiger partial charge on any atom is 0.339 e. The molecule has 0 aliphatic heterocycles. The van der Waals surface area contributed by atoms with Crippen LogP contribution in [0.1, 0.15) is 42.2 Å². The summed E-state index contributed by atoms with van der Waals surface area (Å²) in [4.78, 5) is 24.0. The first kappa shape index (κ1) is 18.2. The van der Waals surface area contributed by atoms with Crippen molar-refractivity contribution in [1.82, 2.24) is 15.0 Å². The highest BCUT2D eigenvalue weighted by molar-refractivity contribution is 6.31. The van der Waals surface area contributed by atoms with Crippen LogP contribution in [-0.2, 0) is 4.74 Å². The molecule has 136 valence electrons. The second kappa shape index (κ2) is 7.74. The van der Waals surface area contributed by atoms with Gasteiger partial charge in [-0.25, -0.2) is 14.8 Å². The first-order valence-corrected chi connectivity index (χ1v) is 8.95. The Balaban J connectivity index is 2.10. The molecule has 0 bridgehead atoms. The molecular weight excluding hydrogens is 352 g/mol. The van der Waals surface area contributed by atoms with Crippen molar-refractivity contribution in [3.8, 4) is 11.4 Å². The minimum atomic E-state index is -0.374. The average molecular weight is 373 g/mol. The van der Waals surface area contributed by atoms with E-state index < -0.39 is 0 Å². The zero-order chi connectivity index (χ0) is 18.7. The van der Waals surface area contributed by atoms with Gasteiger partial charge < -0.3 is 15.5 Å². The van der Waals surface area contributed by atoms with Gasteiger partial charge in [0.1, 0.15) is 0 Å². The van der Waals surface area contributed by atoms with Crippen LogP contribution in [-0.4, -0.2) is 27.5 Å². The first-order chi connectivity index (χ1) is 12.5. The van der Waals surface area contributed by atoms with Crippen molar-refractivity contribution in [2.75, 3.05) is 12.3 Å². The van der Waals surface area contributed by atoms with Crippen molar-refractivity contribution < 1.29 is 9.53 Å². The standard InChI is InChI=1S/C19H21ClN4O2/c1-3-11-5-6-12(20)9-13(11)17-14(18(25)26-4-2)10-16(23-17)15-7-8-22-19(21)24-15/h5-11,13,23H,3-4H2,1-2H3,(H2,21,22,24). The smallest absolute Gasteiger partial charge is 0.339 e. The summed E-state index contributed by atoms with van der Waals surface area (Å²) in [6.45, 7) is 4.19. The van der Waals surface area contributed by atoms with Gasteiger partial charge in [-0.1, -0.05) is 30.7 Å². The Labute approximate surface area is 157 Å². The normalized spacial score (nSPS) is 19.3. The van der Waals surface area contributed by atoms with E-state index in [9.17, 15) is 4.79 Å². The molecule has 0 aromatic carbocycles. The van der Waals surface area contributed by atoms with Crippen LogP contribution in [0.15, 0.2) is 41.6 Å².